The van der Waals surface area contributed by atoms with Crippen molar-refractivity contribution < 1.29 is 14.3 Å². The summed E-state index contributed by atoms with van der Waals surface area (Å²) in [6, 6.07) is 7.06. The standard InChI is InChI=1S/C12H12BrNO3/c13-9-3-1-8(2-4-9)7-17-12(16)10-5-6-11(15)14-10/h1-4,10H,5-7H2,(H,14,15). The molecule has 5 heteroatoms. The van der Waals surface area contributed by atoms with Gasteiger partial charge in [-0.25, -0.2) is 4.79 Å². The van der Waals surface area contributed by atoms with Crippen molar-refractivity contribution in [3.63, 3.8) is 0 Å². The molecule has 0 bridgehead atoms. The van der Waals surface area contributed by atoms with Crippen LogP contribution in [-0.2, 0) is 20.9 Å². The number of hydrogen-bond donors (Lipinski definition) is 1. The van der Waals surface area contributed by atoms with E-state index in [1.165, 1.54) is 0 Å². The summed E-state index contributed by atoms with van der Waals surface area (Å²) in [5.41, 5.74) is 0.922. The van der Waals surface area contributed by atoms with Crippen LogP contribution in [0.15, 0.2) is 28.7 Å². The second-order valence-corrected chi connectivity index (χ2v) is 4.81. The van der Waals surface area contributed by atoms with Crippen LogP contribution in [0.4, 0.5) is 0 Å². The largest absolute Gasteiger partial charge is 0.459 e. The van der Waals surface area contributed by atoms with Crippen molar-refractivity contribution in [2.24, 2.45) is 0 Å². The lowest BCUT2D eigenvalue weighted by Gasteiger charge is -2.10. The first-order valence-corrected chi connectivity index (χ1v) is 6.15. The number of ether oxygens (including phenoxy) is 1. The van der Waals surface area contributed by atoms with Crippen LogP contribution in [0.2, 0.25) is 0 Å². The third-order valence-corrected chi connectivity index (χ3v) is 3.10. The van der Waals surface area contributed by atoms with E-state index in [0.717, 1.165) is 10.0 Å². The van der Waals surface area contributed by atoms with Crippen LogP contribution >= 0.6 is 15.9 Å². The van der Waals surface area contributed by atoms with Gasteiger partial charge in [-0.2, -0.15) is 0 Å². The molecule has 2 rings (SSSR count). The molecule has 0 aliphatic carbocycles. The number of amides is 1. The minimum atomic E-state index is -0.474. The van der Waals surface area contributed by atoms with E-state index in [-0.39, 0.29) is 18.5 Å². The predicted octanol–water partition coefficient (Wildman–Crippen LogP) is 1.77. The highest BCUT2D eigenvalue weighted by molar-refractivity contribution is 9.10. The molecule has 0 aromatic heterocycles. The lowest BCUT2D eigenvalue weighted by molar-refractivity contribution is -0.147. The van der Waals surface area contributed by atoms with Crippen LogP contribution in [-0.4, -0.2) is 17.9 Å². The zero-order chi connectivity index (χ0) is 12.3. The van der Waals surface area contributed by atoms with Crippen LogP contribution in [0, 0.1) is 0 Å². The van der Waals surface area contributed by atoms with Crippen molar-refractivity contribution in [3.05, 3.63) is 34.3 Å². The van der Waals surface area contributed by atoms with Crippen molar-refractivity contribution in [1.82, 2.24) is 5.32 Å². The van der Waals surface area contributed by atoms with Gasteiger partial charge in [0.25, 0.3) is 0 Å². The van der Waals surface area contributed by atoms with E-state index in [1.807, 2.05) is 24.3 Å². The van der Waals surface area contributed by atoms with E-state index in [1.54, 1.807) is 0 Å². The Morgan fingerprint density at radius 3 is 2.71 bits per heavy atom. The van der Waals surface area contributed by atoms with Gasteiger partial charge in [-0.1, -0.05) is 28.1 Å². The monoisotopic (exact) mass is 297 g/mol. The highest BCUT2D eigenvalue weighted by Gasteiger charge is 2.28. The van der Waals surface area contributed by atoms with Gasteiger partial charge in [0.15, 0.2) is 0 Å². The fraction of sp³-hybridized carbons (Fsp3) is 0.333. The van der Waals surface area contributed by atoms with E-state index in [0.29, 0.717) is 12.8 Å². The first-order valence-electron chi connectivity index (χ1n) is 5.35. The highest BCUT2D eigenvalue weighted by atomic mass is 79.9. The van der Waals surface area contributed by atoms with Gasteiger partial charge in [0.1, 0.15) is 12.6 Å². The number of nitrogens with one attached hydrogen (secondary N) is 1. The lowest BCUT2D eigenvalue weighted by Crippen LogP contribution is -2.34. The number of carbonyl (C=O) groups excluding carboxylic acids is 2. The molecule has 0 saturated carbocycles. The van der Waals surface area contributed by atoms with Gasteiger partial charge >= 0.3 is 5.97 Å². The summed E-state index contributed by atoms with van der Waals surface area (Å²) in [7, 11) is 0. The van der Waals surface area contributed by atoms with Gasteiger partial charge in [0.2, 0.25) is 5.91 Å². The number of carbonyl (C=O) groups is 2. The second kappa shape index (κ2) is 5.31. The Bertz CT molecular complexity index is 430. The molecule has 17 heavy (non-hydrogen) atoms. The number of esters is 1. The van der Waals surface area contributed by atoms with Gasteiger partial charge in [0, 0.05) is 10.9 Å². The minimum Gasteiger partial charge on any atom is -0.459 e. The molecule has 1 atom stereocenters. The Morgan fingerprint density at radius 2 is 2.12 bits per heavy atom. The first-order chi connectivity index (χ1) is 8.15. The molecule has 1 saturated heterocycles. The van der Waals surface area contributed by atoms with Gasteiger partial charge in [-0.05, 0) is 24.1 Å². The molecule has 1 N–H and O–H groups in total. The van der Waals surface area contributed by atoms with Crippen LogP contribution in [0.3, 0.4) is 0 Å². The molecule has 1 aliphatic rings. The van der Waals surface area contributed by atoms with Crippen LogP contribution in [0.25, 0.3) is 0 Å². The third kappa shape index (κ3) is 3.30. The van der Waals surface area contributed by atoms with E-state index >= 15 is 0 Å². The summed E-state index contributed by atoms with van der Waals surface area (Å²) in [5, 5.41) is 2.58. The Hall–Kier alpha value is -1.36. The molecular formula is C12H12BrNO3. The van der Waals surface area contributed by atoms with Gasteiger partial charge in [0.05, 0.1) is 0 Å². The van der Waals surface area contributed by atoms with E-state index < -0.39 is 6.04 Å². The number of hydrogen-bond acceptors (Lipinski definition) is 3. The summed E-state index contributed by atoms with van der Waals surface area (Å²) in [6.45, 7) is 0.235. The normalized spacial score (nSPS) is 18.9. The average Bonchev–Trinajstić information content (AvgIpc) is 2.75. The first kappa shape index (κ1) is 12.1. The average molecular weight is 298 g/mol. The SMILES string of the molecule is O=C1CCC(C(=O)OCc2ccc(Br)cc2)N1. The zero-order valence-corrected chi connectivity index (χ0v) is 10.7. The van der Waals surface area contributed by atoms with E-state index in [4.69, 9.17) is 4.74 Å². The third-order valence-electron chi connectivity index (χ3n) is 2.57. The number of rotatable bonds is 3. The molecule has 1 aliphatic heterocycles. The minimum absolute atomic E-state index is 0.0874. The Labute approximate surface area is 107 Å². The van der Waals surface area contributed by atoms with Crippen LogP contribution < -0.4 is 5.32 Å². The molecule has 0 spiro atoms. The van der Waals surface area contributed by atoms with E-state index in [2.05, 4.69) is 21.2 Å². The fourth-order valence-corrected chi connectivity index (χ4v) is 1.89. The molecule has 0 radical (unpaired) electrons. The Morgan fingerprint density at radius 1 is 1.41 bits per heavy atom. The highest BCUT2D eigenvalue weighted by Crippen LogP contribution is 2.13. The van der Waals surface area contributed by atoms with Crippen molar-refractivity contribution in [1.29, 1.82) is 0 Å². The summed E-state index contributed by atoms with van der Waals surface area (Å²) in [5.74, 6) is -0.450. The van der Waals surface area contributed by atoms with Crippen LogP contribution in [0.1, 0.15) is 18.4 Å². The molecule has 90 valence electrons. The number of halogens is 1. The molecule has 1 aromatic carbocycles. The van der Waals surface area contributed by atoms with Gasteiger partial charge in [-0.15, -0.1) is 0 Å². The Kier molecular flexibility index (Phi) is 3.78. The maximum absolute atomic E-state index is 11.6. The van der Waals surface area contributed by atoms with Crippen molar-refractivity contribution >= 4 is 27.8 Å². The summed E-state index contributed by atoms with van der Waals surface area (Å²) in [6.07, 6.45) is 0.927. The van der Waals surface area contributed by atoms with Crippen molar-refractivity contribution in [2.75, 3.05) is 0 Å². The fourth-order valence-electron chi connectivity index (χ4n) is 1.63. The quantitative estimate of drug-likeness (QED) is 0.865. The number of benzene rings is 1. The Balaban J connectivity index is 1.84. The van der Waals surface area contributed by atoms with Crippen LogP contribution in [0.5, 0.6) is 0 Å². The maximum atomic E-state index is 11.6. The summed E-state index contributed by atoms with van der Waals surface area (Å²) < 4.78 is 6.11. The predicted molar refractivity (Wildman–Crippen MR) is 65.1 cm³/mol. The molecule has 1 unspecified atom stereocenters. The molecular weight excluding hydrogens is 286 g/mol. The summed E-state index contributed by atoms with van der Waals surface area (Å²) >= 11 is 3.33. The topological polar surface area (TPSA) is 55.4 Å². The summed E-state index contributed by atoms with van der Waals surface area (Å²) in [4.78, 5) is 22.5. The smallest absolute Gasteiger partial charge is 0.328 e. The zero-order valence-electron chi connectivity index (χ0n) is 9.11. The van der Waals surface area contributed by atoms with Crippen molar-refractivity contribution in [2.45, 2.75) is 25.5 Å². The maximum Gasteiger partial charge on any atom is 0.328 e. The van der Waals surface area contributed by atoms with E-state index in [9.17, 15) is 9.59 Å². The lowest BCUT2D eigenvalue weighted by atomic mass is 10.2. The van der Waals surface area contributed by atoms with Gasteiger partial charge < -0.3 is 10.1 Å². The molecule has 4 nitrogen and oxygen atoms in total. The van der Waals surface area contributed by atoms with Gasteiger partial charge in [-0.3, -0.25) is 4.79 Å². The molecule has 1 fully saturated rings. The molecule has 1 heterocycles. The van der Waals surface area contributed by atoms with Crippen molar-refractivity contribution in [3.8, 4) is 0 Å². The molecule has 1 amide bonds. The second-order valence-electron chi connectivity index (χ2n) is 3.89. The molecule has 1 aromatic rings.